The van der Waals surface area contributed by atoms with Crippen LogP contribution in [0.25, 0.3) is 5.57 Å². The number of nitro groups is 2. The van der Waals surface area contributed by atoms with Crippen LogP contribution in [-0.2, 0) is 4.74 Å². The first-order chi connectivity index (χ1) is 9.02. The fraction of sp³-hybridized carbons (Fsp3) is 0.333. The molecule has 0 fully saturated rings. The van der Waals surface area contributed by atoms with Gasteiger partial charge in [-0.25, -0.2) is 0 Å². The minimum Gasteiger partial charge on any atom is -0.377 e. The minimum atomic E-state index is -0.698. The topological polar surface area (TPSA) is 95.5 Å². The Labute approximate surface area is 108 Å². The van der Waals surface area contributed by atoms with Crippen LogP contribution >= 0.6 is 0 Å². The molecule has 0 N–H and O–H groups in total. The van der Waals surface area contributed by atoms with Crippen molar-refractivity contribution in [2.75, 3.05) is 13.2 Å². The van der Waals surface area contributed by atoms with Gasteiger partial charge in [0, 0.05) is 5.56 Å². The van der Waals surface area contributed by atoms with E-state index in [1.807, 2.05) is 0 Å². The molecule has 1 aromatic carbocycles. The van der Waals surface area contributed by atoms with Crippen molar-refractivity contribution in [1.29, 1.82) is 0 Å². The monoisotopic (exact) mass is 264 g/mol. The molecule has 7 nitrogen and oxygen atoms in total. The summed E-state index contributed by atoms with van der Waals surface area (Å²) in [5, 5.41) is 22.2. The summed E-state index contributed by atoms with van der Waals surface area (Å²) in [5.74, 6) is 0. The molecular formula is C12H12N2O5. The summed E-state index contributed by atoms with van der Waals surface area (Å²) in [5.41, 5.74) is 0.452. The molecule has 2 rings (SSSR count). The maximum atomic E-state index is 11.2. The van der Waals surface area contributed by atoms with Gasteiger partial charge in [-0.2, -0.15) is 0 Å². The van der Waals surface area contributed by atoms with Crippen molar-refractivity contribution in [2.45, 2.75) is 13.3 Å². The molecule has 1 aliphatic heterocycles. The molecule has 0 radical (unpaired) electrons. The van der Waals surface area contributed by atoms with Gasteiger partial charge in [-0.05, 0) is 25.0 Å². The van der Waals surface area contributed by atoms with Crippen LogP contribution in [-0.4, -0.2) is 23.1 Å². The van der Waals surface area contributed by atoms with Crippen molar-refractivity contribution in [3.63, 3.8) is 0 Å². The lowest BCUT2D eigenvalue weighted by atomic mass is 9.97. The zero-order chi connectivity index (χ0) is 14.0. The Hall–Kier alpha value is -2.28. The SMILES string of the molecule is Cc1ccc(C2=CCOCC2)c([N+](=O)[O-])c1[N+](=O)[O-]. The quantitative estimate of drug-likeness (QED) is 0.617. The Morgan fingerprint density at radius 1 is 1.16 bits per heavy atom. The Bertz CT molecular complexity index is 580. The number of hydrogen-bond acceptors (Lipinski definition) is 5. The molecule has 0 aromatic heterocycles. The van der Waals surface area contributed by atoms with Gasteiger partial charge in [-0.3, -0.25) is 20.2 Å². The van der Waals surface area contributed by atoms with Gasteiger partial charge < -0.3 is 4.74 Å². The van der Waals surface area contributed by atoms with Gasteiger partial charge in [0.15, 0.2) is 0 Å². The van der Waals surface area contributed by atoms with Crippen LogP contribution in [0.4, 0.5) is 11.4 Å². The molecule has 0 saturated carbocycles. The highest BCUT2D eigenvalue weighted by atomic mass is 16.6. The summed E-state index contributed by atoms with van der Waals surface area (Å²) in [6.45, 7) is 2.33. The third-order valence-electron chi connectivity index (χ3n) is 3.03. The number of aryl methyl sites for hydroxylation is 1. The van der Waals surface area contributed by atoms with E-state index < -0.39 is 21.2 Å². The molecule has 1 heterocycles. The molecule has 0 spiro atoms. The Morgan fingerprint density at radius 3 is 2.37 bits per heavy atom. The van der Waals surface area contributed by atoms with Crippen LogP contribution in [0.2, 0.25) is 0 Å². The lowest BCUT2D eigenvalue weighted by Gasteiger charge is -2.14. The second-order valence-corrected chi connectivity index (χ2v) is 4.20. The summed E-state index contributed by atoms with van der Waals surface area (Å²) < 4.78 is 5.14. The molecule has 0 aliphatic carbocycles. The van der Waals surface area contributed by atoms with Crippen LogP contribution in [0, 0.1) is 27.2 Å². The number of nitro benzene ring substituents is 2. The van der Waals surface area contributed by atoms with E-state index in [1.54, 1.807) is 12.1 Å². The lowest BCUT2D eigenvalue weighted by molar-refractivity contribution is -0.423. The standard InChI is InChI=1S/C12H12N2O5/c1-8-2-3-10(9-4-6-19-7-5-9)12(14(17)18)11(8)13(15)16/h2-4H,5-7H2,1H3. The largest absolute Gasteiger partial charge is 0.377 e. The van der Waals surface area contributed by atoms with E-state index in [1.165, 1.54) is 13.0 Å². The third kappa shape index (κ3) is 2.45. The molecule has 19 heavy (non-hydrogen) atoms. The minimum absolute atomic E-state index is 0.285. The van der Waals surface area contributed by atoms with Crippen molar-refractivity contribution >= 4 is 16.9 Å². The van der Waals surface area contributed by atoms with Crippen molar-refractivity contribution in [3.05, 3.63) is 49.6 Å². The van der Waals surface area contributed by atoms with Crippen LogP contribution < -0.4 is 0 Å². The number of nitrogens with zero attached hydrogens (tertiary/aromatic N) is 2. The molecule has 0 atom stereocenters. The molecule has 0 unspecified atom stereocenters. The maximum Gasteiger partial charge on any atom is 0.353 e. The van der Waals surface area contributed by atoms with E-state index in [4.69, 9.17) is 4.74 Å². The maximum absolute atomic E-state index is 11.2. The van der Waals surface area contributed by atoms with E-state index in [9.17, 15) is 20.2 Å². The highest BCUT2D eigenvalue weighted by Crippen LogP contribution is 2.38. The van der Waals surface area contributed by atoms with Gasteiger partial charge in [0.1, 0.15) is 0 Å². The fourth-order valence-electron chi connectivity index (χ4n) is 2.13. The zero-order valence-electron chi connectivity index (χ0n) is 10.3. The molecule has 100 valence electrons. The van der Waals surface area contributed by atoms with Crippen LogP contribution in [0.1, 0.15) is 17.5 Å². The summed E-state index contributed by atoms with van der Waals surface area (Å²) in [7, 11) is 0. The molecule has 1 aromatic rings. The first-order valence-corrected chi connectivity index (χ1v) is 5.72. The van der Waals surface area contributed by atoms with Crippen LogP contribution in [0.15, 0.2) is 18.2 Å². The van der Waals surface area contributed by atoms with Gasteiger partial charge in [0.05, 0.1) is 28.6 Å². The average Bonchev–Trinajstić information content (AvgIpc) is 2.38. The Kier molecular flexibility index (Phi) is 3.57. The smallest absolute Gasteiger partial charge is 0.353 e. The average molecular weight is 264 g/mol. The summed E-state index contributed by atoms with van der Waals surface area (Å²) in [4.78, 5) is 20.8. The fourth-order valence-corrected chi connectivity index (χ4v) is 2.13. The third-order valence-corrected chi connectivity index (χ3v) is 3.03. The first kappa shape index (κ1) is 13.2. The van der Waals surface area contributed by atoms with Gasteiger partial charge in [0.2, 0.25) is 0 Å². The van der Waals surface area contributed by atoms with E-state index >= 15 is 0 Å². The molecule has 0 bridgehead atoms. The van der Waals surface area contributed by atoms with Gasteiger partial charge in [0.25, 0.3) is 0 Å². The second-order valence-electron chi connectivity index (χ2n) is 4.20. The van der Waals surface area contributed by atoms with E-state index in [2.05, 4.69) is 0 Å². The molecule has 0 saturated heterocycles. The lowest BCUT2D eigenvalue weighted by Crippen LogP contribution is -2.07. The number of benzene rings is 1. The number of ether oxygens (including phenoxy) is 1. The first-order valence-electron chi connectivity index (χ1n) is 5.72. The highest BCUT2D eigenvalue weighted by molar-refractivity contribution is 5.79. The zero-order valence-corrected chi connectivity index (χ0v) is 10.3. The predicted octanol–water partition coefficient (Wildman–Crippen LogP) is 2.62. The normalized spacial score (nSPS) is 14.9. The number of rotatable bonds is 3. The van der Waals surface area contributed by atoms with Crippen molar-refractivity contribution in [3.8, 4) is 0 Å². The molecular weight excluding hydrogens is 252 g/mol. The summed E-state index contributed by atoms with van der Waals surface area (Å²) in [6.07, 6.45) is 2.24. The molecule has 1 aliphatic rings. The van der Waals surface area contributed by atoms with E-state index in [0.29, 0.717) is 25.2 Å². The van der Waals surface area contributed by atoms with Crippen molar-refractivity contribution in [1.82, 2.24) is 0 Å². The van der Waals surface area contributed by atoms with Crippen molar-refractivity contribution < 1.29 is 14.6 Å². The summed E-state index contributed by atoms with van der Waals surface area (Å²) >= 11 is 0. The van der Waals surface area contributed by atoms with E-state index in [0.717, 1.165) is 5.57 Å². The second kappa shape index (κ2) is 5.15. The van der Waals surface area contributed by atoms with Gasteiger partial charge >= 0.3 is 11.4 Å². The molecule has 0 amide bonds. The predicted molar refractivity (Wildman–Crippen MR) is 67.9 cm³/mol. The van der Waals surface area contributed by atoms with Gasteiger partial charge in [-0.15, -0.1) is 0 Å². The van der Waals surface area contributed by atoms with Crippen LogP contribution in [0.5, 0.6) is 0 Å². The Balaban J connectivity index is 2.67. The molecule has 7 heteroatoms. The Morgan fingerprint density at radius 2 is 1.84 bits per heavy atom. The van der Waals surface area contributed by atoms with Crippen LogP contribution in [0.3, 0.4) is 0 Å². The number of hydrogen-bond donors (Lipinski definition) is 0. The highest BCUT2D eigenvalue weighted by Gasteiger charge is 2.32. The van der Waals surface area contributed by atoms with Gasteiger partial charge in [-0.1, -0.05) is 12.1 Å². The summed E-state index contributed by atoms with van der Waals surface area (Å²) in [6, 6.07) is 3.11. The van der Waals surface area contributed by atoms with E-state index in [-0.39, 0.29) is 5.56 Å². The van der Waals surface area contributed by atoms with Crippen molar-refractivity contribution in [2.24, 2.45) is 0 Å².